The summed E-state index contributed by atoms with van der Waals surface area (Å²) < 4.78 is 0. The Balaban J connectivity index is 2.69. The molecule has 1 aromatic carbocycles. The number of carbonyl (C=O) groups is 1. The Kier molecular flexibility index (Phi) is 4.96. The molecule has 1 rings (SSSR count). The van der Waals surface area contributed by atoms with E-state index in [1.807, 2.05) is 19.9 Å². The van der Waals surface area contributed by atoms with Crippen LogP contribution in [0.3, 0.4) is 0 Å². The van der Waals surface area contributed by atoms with Crippen LogP contribution in [0.1, 0.15) is 13.8 Å². The van der Waals surface area contributed by atoms with Crippen molar-refractivity contribution in [1.29, 1.82) is 0 Å². The summed E-state index contributed by atoms with van der Waals surface area (Å²) in [5.74, 6) is 0.0143. The molecule has 0 aliphatic heterocycles. The van der Waals surface area contributed by atoms with Gasteiger partial charge in [0.05, 0.1) is 10.3 Å². The maximum atomic E-state index is 11.5. The molecule has 3 nitrogen and oxygen atoms in total. The molecule has 1 atom stereocenters. The summed E-state index contributed by atoms with van der Waals surface area (Å²) in [4.78, 5) is 12.4. The van der Waals surface area contributed by atoms with E-state index in [0.717, 1.165) is 4.90 Å². The first-order chi connectivity index (χ1) is 7.54. The van der Waals surface area contributed by atoms with Gasteiger partial charge in [0, 0.05) is 17.1 Å². The van der Waals surface area contributed by atoms with Gasteiger partial charge >= 0.3 is 0 Å². The van der Waals surface area contributed by atoms with Crippen LogP contribution in [0, 0.1) is 0 Å². The van der Waals surface area contributed by atoms with E-state index in [2.05, 4.69) is 5.32 Å². The first kappa shape index (κ1) is 13.2. The van der Waals surface area contributed by atoms with E-state index < -0.39 is 0 Å². The third-order valence-electron chi connectivity index (χ3n) is 1.98. The lowest BCUT2D eigenvalue weighted by Gasteiger charge is -2.12. The van der Waals surface area contributed by atoms with Gasteiger partial charge in [-0.25, -0.2) is 0 Å². The zero-order valence-electron chi connectivity index (χ0n) is 9.29. The Morgan fingerprint density at radius 1 is 1.62 bits per heavy atom. The Morgan fingerprint density at radius 2 is 2.31 bits per heavy atom. The summed E-state index contributed by atoms with van der Waals surface area (Å²) in [6, 6.07) is 5.30. The van der Waals surface area contributed by atoms with Crippen LogP contribution < -0.4 is 11.1 Å². The summed E-state index contributed by atoms with van der Waals surface area (Å²) in [6.45, 7) is 4.38. The van der Waals surface area contributed by atoms with E-state index in [9.17, 15) is 4.79 Å². The highest BCUT2D eigenvalue weighted by atomic mass is 35.5. The highest BCUT2D eigenvalue weighted by Gasteiger charge is 2.14. The second-order valence-electron chi connectivity index (χ2n) is 3.34. The SMILES string of the molecule is CCNC(=O)C(C)Sc1ccc(N)cc1Cl. The van der Waals surface area contributed by atoms with Gasteiger partial charge in [-0.1, -0.05) is 11.6 Å². The second kappa shape index (κ2) is 6.01. The van der Waals surface area contributed by atoms with Gasteiger partial charge in [-0.3, -0.25) is 4.79 Å². The number of halogens is 1. The average Bonchev–Trinajstić information content (AvgIpc) is 2.22. The van der Waals surface area contributed by atoms with E-state index in [1.54, 1.807) is 12.1 Å². The van der Waals surface area contributed by atoms with Crippen LogP contribution in [-0.4, -0.2) is 17.7 Å². The third-order valence-corrected chi connectivity index (χ3v) is 3.58. The molecule has 0 heterocycles. The normalized spacial score (nSPS) is 12.2. The van der Waals surface area contributed by atoms with E-state index >= 15 is 0 Å². The summed E-state index contributed by atoms with van der Waals surface area (Å²) in [5, 5.41) is 3.19. The van der Waals surface area contributed by atoms with Crippen molar-refractivity contribution in [3.05, 3.63) is 23.2 Å². The van der Waals surface area contributed by atoms with Crippen LogP contribution >= 0.6 is 23.4 Å². The van der Waals surface area contributed by atoms with Crippen LogP contribution in [0.5, 0.6) is 0 Å². The van der Waals surface area contributed by atoms with Gasteiger partial charge in [0.1, 0.15) is 0 Å². The predicted molar refractivity (Wildman–Crippen MR) is 69.9 cm³/mol. The molecule has 1 amide bonds. The van der Waals surface area contributed by atoms with Crippen molar-refractivity contribution in [3.8, 4) is 0 Å². The van der Waals surface area contributed by atoms with Crippen LogP contribution in [0.15, 0.2) is 23.1 Å². The molecule has 16 heavy (non-hydrogen) atoms. The fourth-order valence-corrected chi connectivity index (χ4v) is 2.39. The topological polar surface area (TPSA) is 55.1 Å². The highest BCUT2D eigenvalue weighted by Crippen LogP contribution is 2.31. The van der Waals surface area contributed by atoms with Crippen LogP contribution in [0.4, 0.5) is 5.69 Å². The number of thioether (sulfide) groups is 1. The van der Waals surface area contributed by atoms with Gasteiger partial charge in [0.25, 0.3) is 0 Å². The Bertz CT molecular complexity index is 384. The molecule has 0 radical (unpaired) electrons. The van der Waals surface area contributed by atoms with E-state index in [4.69, 9.17) is 17.3 Å². The van der Waals surface area contributed by atoms with Gasteiger partial charge in [-0.15, -0.1) is 11.8 Å². The molecule has 5 heteroatoms. The zero-order chi connectivity index (χ0) is 12.1. The summed E-state index contributed by atoms with van der Waals surface area (Å²) in [5.41, 5.74) is 6.22. The monoisotopic (exact) mass is 258 g/mol. The Labute approximate surface area is 105 Å². The summed E-state index contributed by atoms with van der Waals surface area (Å²) in [6.07, 6.45) is 0. The van der Waals surface area contributed by atoms with E-state index in [-0.39, 0.29) is 11.2 Å². The molecule has 0 bridgehead atoms. The molecule has 0 aliphatic carbocycles. The maximum absolute atomic E-state index is 11.5. The molecule has 0 aromatic heterocycles. The second-order valence-corrected chi connectivity index (χ2v) is 5.13. The minimum Gasteiger partial charge on any atom is -0.399 e. The van der Waals surface area contributed by atoms with Crippen molar-refractivity contribution in [3.63, 3.8) is 0 Å². The van der Waals surface area contributed by atoms with Crippen molar-refractivity contribution >= 4 is 35.0 Å². The Morgan fingerprint density at radius 3 is 2.88 bits per heavy atom. The summed E-state index contributed by atoms with van der Waals surface area (Å²) in [7, 11) is 0. The number of nitrogens with two attached hydrogens (primary N) is 1. The predicted octanol–water partition coefficient (Wildman–Crippen LogP) is 2.54. The highest BCUT2D eigenvalue weighted by molar-refractivity contribution is 8.00. The zero-order valence-corrected chi connectivity index (χ0v) is 10.9. The maximum Gasteiger partial charge on any atom is 0.233 e. The number of nitrogens with one attached hydrogen (secondary N) is 1. The van der Waals surface area contributed by atoms with E-state index in [1.165, 1.54) is 11.8 Å². The van der Waals surface area contributed by atoms with Crippen LogP contribution in [0.2, 0.25) is 5.02 Å². The first-order valence-corrected chi connectivity index (χ1v) is 6.29. The fraction of sp³-hybridized carbons (Fsp3) is 0.364. The fourth-order valence-electron chi connectivity index (χ4n) is 1.17. The lowest BCUT2D eigenvalue weighted by Crippen LogP contribution is -2.30. The first-order valence-electron chi connectivity index (χ1n) is 5.04. The van der Waals surface area contributed by atoms with Gasteiger partial charge in [-0.05, 0) is 32.0 Å². The molecule has 88 valence electrons. The molecule has 0 fully saturated rings. The number of hydrogen-bond acceptors (Lipinski definition) is 3. The van der Waals surface area contributed by atoms with E-state index in [0.29, 0.717) is 17.3 Å². The quantitative estimate of drug-likeness (QED) is 0.645. The number of amides is 1. The minimum atomic E-state index is -0.166. The number of rotatable bonds is 4. The van der Waals surface area contributed by atoms with Crippen LogP contribution in [-0.2, 0) is 4.79 Å². The molecule has 1 unspecified atom stereocenters. The summed E-state index contributed by atoms with van der Waals surface area (Å²) >= 11 is 7.45. The largest absolute Gasteiger partial charge is 0.399 e. The van der Waals surface area contributed by atoms with Gasteiger partial charge in [0.2, 0.25) is 5.91 Å². The molecule has 0 spiro atoms. The van der Waals surface area contributed by atoms with Crippen molar-refractivity contribution in [1.82, 2.24) is 5.32 Å². The number of hydrogen-bond donors (Lipinski definition) is 2. The lowest BCUT2D eigenvalue weighted by atomic mass is 10.3. The third kappa shape index (κ3) is 3.61. The average molecular weight is 259 g/mol. The number of anilines is 1. The number of nitrogen functional groups attached to an aromatic ring is 1. The van der Waals surface area contributed by atoms with Crippen molar-refractivity contribution < 1.29 is 4.79 Å². The Hall–Kier alpha value is -0.870. The molecular formula is C11H15ClN2OS. The number of benzene rings is 1. The molecule has 0 saturated carbocycles. The lowest BCUT2D eigenvalue weighted by molar-refractivity contribution is -0.120. The molecule has 0 saturated heterocycles. The smallest absolute Gasteiger partial charge is 0.233 e. The van der Waals surface area contributed by atoms with Gasteiger partial charge < -0.3 is 11.1 Å². The van der Waals surface area contributed by atoms with Crippen LogP contribution in [0.25, 0.3) is 0 Å². The number of carbonyl (C=O) groups excluding carboxylic acids is 1. The molecule has 1 aromatic rings. The molecule has 0 aliphatic rings. The molecule has 3 N–H and O–H groups in total. The standard InChI is InChI=1S/C11H15ClN2OS/c1-3-14-11(15)7(2)16-10-5-4-8(13)6-9(10)12/h4-7H,3,13H2,1-2H3,(H,14,15). The van der Waals surface area contributed by atoms with Crippen molar-refractivity contribution in [2.45, 2.75) is 24.0 Å². The van der Waals surface area contributed by atoms with Gasteiger partial charge in [-0.2, -0.15) is 0 Å². The van der Waals surface area contributed by atoms with Crippen molar-refractivity contribution in [2.75, 3.05) is 12.3 Å². The van der Waals surface area contributed by atoms with Gasteiger partial charge in [0.15, 0.2) is 0 Å². The molecular weight excluding hydrogens is 244 g/mol. The minimum absolute atomic E-state index is 0.0143. The van der Waals surface area contributed by atoms with Crippen molar-refractivity contribution in [2.24, 2.45) is 0 Å².